The summed E-state index contributed by atoms with van der Waals surface area (Å²) in [7, 11) is 0. The molecule has 0 aromatic carbocycles. The number of carbonyl (C=O) groups is 1. The third-order valence-corrected chi connectivity index (χ3v) is 4.78. The van der Waals surface area contributed by atoms with Gasteiger partial charge in [0, 0.05) is 17.8 Å². The van der Waals surface area contributed by atoms with Crippen LogP contribution in [0.25, 0.3) is 0 Å². The van der Waals surface area contributed by atoms with Crippen LogP contribution in [0.15, 0.2) is 47.6 Å². The van der Waals surface area contributed by atoms with Crippen LogP contribution in [0.2, 0.25) is 0 Å². The quantitative estimate of drug-likeness (QED) is 0.639. The van der Waals surface area contributed by atoms with Crippen molar-refractivity contribution in [2.24, 2.45) is 29.6 Å². The lowest BCUT2D eigenvalue weighted by atomic mass is 9.70. The molecule has 2 bridgehead atoms. The molecule has 0 amide bonds. The number of allylic oxidation sites excluding steroid dienone is 8. The highest BCUT2D eigenvalue weighted by atomic mass is 16.1. The zero-order valence-electron chi connectivity index (χ0n) is 11.3. The summed E-state index contributed by atoms with van der Waals surface area (Å²) < 4.78 is 0. The van der Waals surface area contributed by atoms with Crippen molar-refractivity contribution in [1.29, 1.82) is 0 Å². The molecule has 0 radical (unpaired) electrons. The first-order valence-corrected chi connectivity index (χ1v) is 6.89. The Morgan fingerprint density at radius 3 is 2.61 bits per heavy atom. The van der Waals surface area contributed by atoms with Crippen LogP contribution in [0.3, 0.4) is 0 Å². The first kappa shape index (κ1) is 11.7. The molecule has 4 aliphatic rings. The van der Waals surface area contributed by atoms with Crippen molar-refractivity contribution < 1.29 is 4.79 Å². The molecule has 0 spiro atoms. The van der Waals surface area contributed by atoms with E-state index in [1.807, 2.05) is 0 Å². The first-order chi connectivity index (χ1) is 8.59. The zero-order chi connectivity index (χ0) is 12.9. The Morgan fingerprint density at radius 2 is 1.89 bits per heavy atom. The van der Waals surface area contributed by atoms with E-state index >= 15 is 0 Å². The van der Waals surface area contributed by atoms with E-state index in [9.17, 15) is 4.79 Å². The second-order valence-corrected chi connectivity index (χ2v) is 6.00. The summed E-state index contributed by atoms with van der Waals surface area (Å²) in [6.07, 6.45) is 12.8. The van der Waals surface area contributed by atoms with E-state index in [0.29, 0.717) is 23.7 Å². The van der Waals surface area contributed by atoms with Crippen molar-refractivity contribution >= 4 is 5.78 Å². The van der Waals surface area contributed by atoms with Crippen molar-refractivity contribution in [3.63, 3.8) is 0 Å². The molecule has 0 fully saturated rings. The fraction of sp³-hybridized carbons (Fsp3) is 0.471. The Morgan fingerprint density at radius 1 is 1.11 bits per heavy atom. The Kier molecular flexibility index (Phi) is 2.65. The SMILES string of the molecule is C/C(=C1\C=C[C@@H]2[C@H]3C=CC(=O)[C@H](C=C3)[C@H]12)C(C)C. The lowest BCUT2D eigenvalue weighted by Gasteiger charge is -2.32. The summed E-state index contributed by atoms with van der Waals surface area (Å²) in [4.78, 5) is 12.2. The molecule has 0 N–H and O–H groups in total. The Balaban J connectivity index is 2.08. The Bertz CT molecular complexity index is 502. The van der Waals surface area contributed by atoms with Crippen LogP contribution in [-0.4, -0.2) is 5.78 Å². The van der Waals surface area contributed by atoms with Gasteiger partial charge in [-0.1, -0.05) is 49.8 Å². The van der Waals surface area contributed by atoms with Gasteiger partial charge in [0.05, 0.1) is 0 Å². The second-order valence-electron chi connectivity index (χ2n) is 6.00. The summed E-state index contributed by atoms with van der Waals surface area (Å²) >= 11 is 0. The molecule has 0 aromatic heterocycles. The molecular weight excluding hydrogens is 220 g/mol. The minimum Gasteiger partial charge on any atom is -0.294 e. The number of hydrogen-bond acceptors (Lipinski definition) is 1. The predicted molar refractivity (Wildman–Crippen MR) is 73.9 cm³/mol. The average Bonchev–Trinajstić information content (AvgIpc) is 2.66. The van der Waals surface area contributed by atoms with Gasteiger partial charge in [-0.05, 0) is 30.4 Å². The van der Waals surface area contributed by atoms with Crippen molar-refractivity contribution in [2.75, 3.05) is 0 Å². The normalized spacial score (nSPS) is 39.4. The number of rotatable bonds is 1. The van der Waals surface area contributed by atoms with E-state index in [-0.39, 0.29) is 11.7 Å². The van der Waals surface area contributed by atoms with Crippen LogP contribution in [0, 0.1) is 29.6 Å². The minimum absolute atomic E-state index is 0.0590. The summed E-state index contributed by atoms with van der Waals surface area (Å²) in [5.41, 5.74) is 2.85. The topological polar surface area (TPSA) is 17.1 Å². The Labute approximate surface area is 109 Å². The van der Waals surface area contributed by atoms with E-state index in [1.54, 1.807) is 6.08 Å². The van der Waals surface area contributed by atoms with Gasteiger partial charge in [0.1, 0.15) is 0 Å². The molecule has 0 heterocycles. The largest absolute Gasteiger partial charge is 0.294 e. The fourth-order valence-electron chi connectivity index (χ4n) is 3.46. The molecule has 1 heteroatoms. The van der Waals surface area contributed by atoms with Crippen molar-refractivity contribution in [1.82, 2.24) is 0 Å². The third-order valence-electron chi connectivity index (χ3n) is 4.78. The van der Waals surface area contributed by atoms with Gasteiger partial charge < -0.3 is 0 Å². The van der Waals surface area contributed by atoms with E-state index in [4.69, 9.17) is 0 Å². The number of carbonyl (C=O) groups excluding carboxylic acids is 1. The molecule has 18 heavy (non-hydrogen) atoms. The molecular formula is C17H20O. The third kappa shape index (κ3) is 1.57. The van der Waals surface area contributed by atoms with E-state index in [2.05, 4.69) is 51.2 Å². The lowest BCUT2D eigenvalue weighted by Crippen LogP contribution is -2.30. The maximum absolute atomic E-state index is 12.2. The molecule has 0 saturated carbocycles. The van der Waals surface area contributed by atoms with E-state index in [0.717, 1.165) is 0 Å². The summed E-state index contributed by atoms with van der Waals surface area (Å²) in [6, 6.07) is 0. The summed E-state index contributed by atoms with van der Waals surface area (Å²) in [5, 5.41) is 0. The van der Waals surface area contributed by atoms with Gasteiger partial charge in [-0.15, -0.1) is 0 Å². The van der Waals surface area contributed by atoms with Crippen LogP contribution < -0.4 is 0 Å². The van der Waals surface area contributed by atoms with Gasteiger partial charge in [0.25, 0.3) is 0 Å². The van der Waals surface area contributed by atoms with Crippen LogP contribution >= 0.6 is 0 Å². The van der Waals surface area contributed by atoms with Crippen molar-refractivity contribution in [2.45, 2.75) is 20.8 Å². The van der Waals surface area contributed by atoms with Crippen LogP contribution in [-0.2, 0) is 4.79 Å². The van der Waals surface area contributed by atoms with Crippen molar-refractivity contribution in [3.05, 3.63) is 47.6 Å². The van der Waals surface area contributed by atoms with E-state index < -0.39 is 0 Å². The van der Waals surface area contributed by atoms with Gasteiger partial charge in [-0.2, -0.15) is 0 Å². The van der Waals surface area contributed by atoms with Crippen LogP contribution in [0.4, 0.5) is 0 Å². The molecule has 4 atom stereocenters. The molecule has 4 rings (SSSR count). The molecule has 4 aliphatic carbocycles. The number of fused-ring (bicyclic) bond motifs is 1. The number of ketones is 1. The minimum atomic E-state index is 0.0590. The molecule has 0 aliphatic heterocycles. The summed E-state index contributed by atoms with van der Waals surface area (Å²) in [6.45, 7) is 6.68. The predicted octanol–water partition coefficient (Wildman–Crippen LogP) is 3.70. The molecule has 1 nitrogen and oxygen atoms in total. The van der Waals surface area contributed by atoms with Crippen LogP contribution in [0.1, 0.15) is 20.8 Å². The Hall–Kier alpha value is -1.37. The van der Waals surface area contributed by atoms with Gasteiger partial charge >= 0.3 is 0 Å². The second kappa shape index (κ2) is 4.08. The van der Waals surface area contributed by atoms with Crippen LogP contribution in [0.5, 0.6) is 0 Å². The zero-order valence-corrected chi connectivity index (χ0v) is 11.3. The molecule has 0 unspecified atom stereocenters. The maximum atomic E-state index is 12.2. The smallest absolute Gasteiger partial charge is 0.162 e. The molecule has 0 aromatic rings. The standard InChI is InChI=1S/C17H20O/c1-10(2)11(3)13-7-8-14-12-4-6-15(17(13)14)16(18)9-5-12/h4-10,12,14-15,17H,1-3H3/b13-11-/t12-,14-,15+,17-/m1/s1. The van der Waals surface area contributed by atoms with Gasteiger partial charge in [-0.25, -0.2) is 0 Å². The maximum Gasteiger partial charge on any atom is 0.162 e. The van der Waals surface area contributed by atoms with Gasteiger partial charge in [-0.3, -0.25) is 4.79 Å². The van der Waals surface area contributed by atoms with Crippen molar-refractivity contribution in [3.8, 4) is 0 Å². The highest BCUT2D eigenvalue weighted by Crippen LogP contribution is 2.48. The summed E-state index contributed by atoms with van der Waals surface area (Å²) in [5.74, 6) is 2.17. The van der Waals surface area contributed by atoms with Gasteiger partial charge in [0.15, 0.2) is 5.78 Å². The molecule has 94 valence electrons. The average molecular weight is 240 g/mol. The molecule has 0 saturated heterocycles. The fourth-order valence-corrected chi connectivity index (χ4v) is 3.46. The van der Waals surface area contributed by atoms with E-state index in [1.165, 1.54) is 11.1 Å². The number of hydrogen-bond donors (Lipinski definition) is 0. The highest BCUT2D eigenvalue weighted by Gasteiger charge is 2.43. The lowest BCUT2D eigenvalue weighted by molar-refractivity contribution is -0.118. The highest BCUT2D eigenvalue weighted by molar-refractivity contribution is 5.94. The van der Waals surface area contributed by atoms with Gasteiger partial charge in [0.2, 0.25) is 0 Å². The monoisotopic (exact) mass is 240 g/mol. The first-order valence-electron chi connectivity index (χ1n) is 6.89.